The number of thiophene rings is 1. The summed E-state index contributed by atoms with van der Waals surface area (Å²) in [6.07, 6.45) is 0. The zero-order chi connectivity index (χ0) is 8.06. The van der Waals surface area contributed by atoms with Crippen LogP contribution in [-0.4, -0.2) is 6.04 Å². The summed E-state index contributed by atoms with van der Waals surface area (Å²) in [4.78, 5) is 1.45. The van der Waals surface area contributed by atoms with Crippen molar-refractivity contribution >= 4 is 11.3 Å². The molecule has 1 aromatic rings. The molecule has 1 saturated carbocycles. The average Bonchev–Trinajstić information content (AvgIpc) is 2.40. The Bertz CT molecular complexity index is 251. The summed E-state index contributed by atoms with van der Waals surface area (Å²) >= 11 is 1.82. The highest BCUT2D eigenvalue weighted by atomic mass is 32.1. The maximum atomic E-state index is 5.94. The van der Waals surface area contributed by atoms with Gasteiger partial charge in [0.05, 0.1) is 0 Å². The summed E-state index contributed by atoms with van der Waals surface area (Å²) in [6.45, 7) is 4.48. The van der Waals surface area contributed by atoms with E-state index in [0.29, 0.717) is 17.4 Å². The maximum Gasteiger partial charge on any atom is 0.0180 e. The molecule has 11 heavy (non-hydrogen) atoms. The number of nitrogens with two attached hydrogens (primary N) is 1. The van der Waals surface area contributed by atoms with Crippen LogP contribution in [0.3, 0.4) is 0 Å². The van der Waals surface area contributed by atoms with E-state index in [1.807, 2.05) is 11.3 Å². The third-order valence-electron chi connectivity index (χ3n) is 2.76. The lowest BCUT2D eigenvalue weighted by Crippen LogP contribution is -2.06. The van der Waals surface area contributed by atoms with Gasteiger partial charge in [-0.3, -0.25) is 0 Å². The van der Waals surface area contributed by atoms with E-state index < -0.39 is 0 Å². The van der Waals surface area contributed by atoms with Gasteiger partial charge in [0, 0.05) is 16.8 Å². The normalized spacial score (nSPS) is 33.7. The van der Waals surface area contributed by atoms with E-state index in [1.165, 1.54) is 4.88 Å². The van der Waals surface area contributed by atoms with Crippen LogP contribution < -0.4 is 5.73 Å². The average molecular weight is 167 g/mol. The monoisotopic (exact) mass is 167 g/mol. The van der Waals surface area contributed by atoms with Gasteiger partial charge in [0.2, 0.25) is 0 Å². The van der Waals surface area contributed by atoms with Gasteiger partial charge < -0.3 is 5.73 Å². The summed E-state index contributed by atoms with van der Waals surface area (Å²) in [5.74, 6) is 0.613. The quantitative estimate of drug-likeness (QED) is 0.681. The van der Waals surface area contributed by atoms with Gasteiger partial charge in [-0.1, -0.05) is 19.9 Å². The highest BCUT2D eigenvalue weighted by Gasteiger charge is 2.56. The Labute approximate surface area is 71.2 Å². The standard InChI is InChI=1S/C9H13NS/c1-9(2)7(8(9)10)6-4-3-5-11-6/h3-5,7-8H,10H2,1-2H3. The molecule has 0 radical (unpaired) electrons. The highest BCUT2D eigenvalue weighted by Crippen LogP contribution is 2.58. The van der Waals surface area contributed by atoms with E-state index in [9.17, 15) is 0 Å². The highest BCUT2D eigenvalue weighted by molar-refractivity contribution is 7.10. The topological polar surface area (TPSA) is 26.0 Å². The van der Waals surface area contributed by atoms with E-state index in [1.54, 1.807) is 0 Å². The van der Waals surface area contributed by atoms with Crippen molar-refractivity contribution in [1.82, 2.24) is 0 Å². The lowest BCUT2D eigenvalue weighted by Gasteiger charge is -1.97. The van der Waals surface area contributed by atoms with Gasteiger partial charge in [-0.2, -0.15) is 0 Å². The second-order valence-electron chi connectivity index (χ2n) is 3.84. The summed E-state index contributed by atoms with van der Waals surface area (Å²) in [7, 11) is 0. The van der Waals surface area contributed by atoms with Gasteiger partial charge in [-0.25, -0.2) is 0 Å². The van der Waals surface area contributed by atoms with Crippen molar-refractivity contribution in [2.45, 2.75) is 25.8 Å². The van der Waals surface area contributed by atoms with Crippen LogP contribution >= 0.6 is 11.3 Å². The molecule has 2 unspecified atom stereocenters. The third-order valence-corrected chi connectivity index (χ3v) is 3.72. The molecular weight excluding hydrogens is 154 g/mol. The Morgan fingerprint density at radius 2 is 2.18 bits per heavy atom. The van der Waals surface area contributed by atoms with Crippen LogP contribution in [0.15, 0.2) is 17.5 Å². The van der Waals surface area contributed by atoms with Gasteiger partial charge in [-0.05, 0) is 16.9 Å². The van der Waals surface area contributed by atoms with E-state index in [0.717, 1.165) is 0 Å². The maximum absolute atomic E-state index is 5.94. The summed E-state index contributed by atoms with van der Waals surface area (Å²) < 4.78 is 0. The van der Waals surface area contributed by atoms with Crippen molar-refractivity contribution in [1.29, 1.82) is 0 Å². The van der Waals surface area contributed by atoms with Crippen LogP contribution in [0.2, 0.25) is 0 Å². The second-order valence-corrected chi connectivity index (χ2v) is 4.82. The molecule has 0 saturated heterocycles. The van der Waals surface area contributed by atoms with E-state index in [4.69, 9.17) is 5.73 Å². The number of rotatable bonds is 1. The molecule has 0 amide bonds. The Morgan fingerprint density at radius 1 is 1.55 bits per heavy atom. The van der Waals surface area contributed by atoms with Crippen molar-refractivity contribution in [3.05, 3.63) is 22.4 Å². The van der Waals surface area contributed by atoms with E-state index in [2.05, 4.69) is 31.4 Å². The molecule has 2 N–H and O–H groups in total. The molecule has 2 atom stereocenters. The molecule has 1 fully saturated rings. The third kappa shape index (κ3) is 0.932. The molecular formula is C9H13NS. The summed E-state index contributed by atoms with van der Waals surface area (Å²) in [6, 6.07) is 4.66. The van der Waals surface area contributed by atoms with Crippen LogP contribution in [0.4, 0.5) is 0 Å². The number of hydrogen-bond acceptors (Lipinski definition) is 2. The second kappa shape index (κ2) is 2.08. The molecule has 1 aromatic heterocycles. The minimum atomic E-state index is 0.338. The molecule has 1 nitrogen and oxygen atoms in total. The first kappa shape index (κ1) is 7.32. The van der Waals surface area contributed by atoms with Crippen LogP contribution in [0, 0.1) is 5.41 Å². The molecule has 1 aliphatic rings. The zero-order valence-electron chi connectivity index (χ0n) is 6.87. The van der Waals surface area contributed by atoms with Crippen LogP contribution in [0.1, 0.15) is 24.6 Å². The minimum absolute atomic E-state index is 0.338. The molecule has 0 spiro atoms. The van der Waals surface area contributed by atoms with Gasteiger partial charge in [0.25, 0.3) is 0 Å². The van der Waals surface area contributed by atoms with Crippen molar-refractivity contribution in [3.8, 4) is 0 Å². The molecule has 0 aromatic carbocycles. The summed E-state index contributed by atoms with van der Waals surface area (Å²) in [5, 5.41) is 2.12. The Hall–Kier alpha value is -0.340. The van der Waals surface area contributed by atoms with E-state index >= 15 is 0 Å². The molecule has 0 bridgehead atoms. The number of hydrogen-bond donors (Lipinski definition) is 1. The van der Waals surface area contributed by atoms with Crippen LogP contribution in [0.25, 0.3) is 0 Å². The van der Waals surface area contributed by atoms with Crippen molar-refractivity contribution < 1.29 is 0 Å². The first-order chi connectivity index (χ1) is 5.14. The Balaban J connectivity index is 2.23. The SMILES string of the molecule is CC1(C)C(N)C1c1cccs1. The molecule has 1 aliphatic carbocycles. The van der Waals surface area contributed by atoms with Gasteiger partial charge in [0.1, 0.15) is 0 Å². The first-order valence-electron chi connectivity index (χ1n) is 3.93. The largest absolute Gasteiger partial charge is 0.327 e. The van der Waals surface area contributed by atoms with Gasteiger partial charge in [-0.15, -0.1) is 11.3 Å². The fourth-order valence-corrected chi connectivity index (χ4v) is 2.76. The molecule has 2 rings (SSSR count). The minimum Gasteiger partial charge on any atom is -0.327 e. The Kier molecular flexibility index (Phi) is 1.38. The predicted molar refractivity (Wildman–Crippen MR) is 48.8 cm³/mol. The fourth-order valence-electron chi connectivity index (χ4n) is 1.69. The molecule has 2 heteroatoms. The van der Waals surface area contributed by atoms with Crippen molar-refractivity contribution in [2.75, 3.05) is 0 Å². The first-order valence-corrected chi connectivity index (χ1v) is 4.81. The summed E-state index contributed by atoms with van der Waals surface area (Å²) in [5.41, 5.74) is 6.28. The Morgan fingerprint density at radius 3 is 2.55 bits per heavy atom. The van der Waals surface area contributed by atoms with Crippen LogP contribution in [0.5, 0.6) is 0 Å². The zero-order valence-corrected chi connectivity index (χ0v) is 7.69. The lowest BCUT2D eigenvalue weighted by molar-refractivity contribution is 0.601. The molecule has 60 valence electrons. The molecule has 0 aliphatic heterocycles. The van der Waals surface area contributed by atoms with E-state index in [-0.39, 0.29) is 0 Å². The molecule has 1 heterocycles. The predicted octanol–water partition coefficient (Wildman–Crippen LogP) is 2.20. The van der Waals surface area contributed by atoms with Gasteiger partial charge >= 0.3 is 0 Å². The van der Waals surface area contributed by atoms with Crippen molar-refractivity contribution in [3.63, 3.8) is 0 Å². The van der Waals surface area contributed by atoms with Crippen molar-refractivity contribution in [2.24, 2.45) is 11.1 Å². The lowest BCUT2D eigenvalue weighted by atomic mass is 10.1. The fraction of sp³-hybridized carbons (Fsp3) is 0.556. The smallest absolute Gasteiger partial charge is 0.0180 e. The van der Waals surface area contributed by atoms with Crippen LogP contribution in [-0.2, 0) is 0 Å². The van der Waals surface area contributed by atoms with Gasteiger partial charge in [0.15, 0.2) is 0 Å².